The van der Waals surface area contributed by atoms with Gasteiger partial charge in [0, 0.05) is 11.1 Å². The third kappa shape index (κ3) is 3.85. The maximum absolute atomic E-state index is 11.9. The first-order valence-electron chi connectivity index (χ1n) is 5.63. The summed E-state index contributed by atoms with van der Waals surface area (Å²) < 4.78 is 0. The molecule has 2 heterocycles. The molecule has 1 N–H and O–H groups in total. The van der Waals surface area contributed by atoms with Crippen LogP contribution in [0.5, 0.6) is 0 Å². The topological polar surface area (TPSA) is 42.0 Å². The van der Waals surface area contributed by atoms with Gasteiger partial charge >= 0.3 is 0 Å². The minimum absolute atomic E-state index is 0.0408. The van der Waals surface area contributed by atoms with Crippen molar-refractivity contribution in [1.82, 2.24) is 10.3 Å². The number of amides is 1. The van der Waals surface area contributed by atoms with Crippen LogP contribution >= 0.6 is 23.1 Å². The van der Waals surface area contributed by atoms with E-state index < -0.39 is 0 Å². The van der Waals surface area contributed by atoms with Crippen LogP contribution in [-0.2, 0) is 11.3 Å². The Labute approximate surface area is 115 Å². The summed E-state index contributed by atoms with van der Waals surface area (Å²) in [5.41, 5.74) is 0. The van der Waals surface area contributed by atoms with Crippen molar-refractivity contribution in [1.29, 1.82) is 0 Å². The van der Waals surface area contributed by atoms with Crippen LogP contribution in [0.4, 0.5) is 0 Å². The fourth-order valence-corrected chi connectivity index (χ4v) is 2.86. The highest BCUT2D eigenvalue weighted by Gasteiger charge is 2.14. The van der Waals surface area contributed by atoms with Gasteiger partial charge in [0.25, 0.3) is 0 Å². The Hall–Kier alpha value is -1.33. The number of nitrogens with zero attached hydrogens (tertiary/aromatic N) is 1. The van der Waals surface area contributed by atoms with Crippen molar-refractivity contribution in [2.45, 2.75) is 23.7 Å². The van der Waals surface area contributed by atoms with Gasteiger partial charge in [-0.15, -0.1) is 11.3 Å². The minimum atomic E-state index is -0.139. The molecule has 0 aliphatic rings. The second-order valence-electron chi connectivity index (χ2n) is 3.73. The largest absolute Gasteiger partial charge is 0.350 e. The smallest absolute Gasteiger partial charge is 0.233 e. The fraction of sp³-hybridized carbons (Fsp3) is 0.231. The third-order valence-corrected chi connectivity index (χ3v) is 4.25. The Morgan fingerprint density at radius 2 is 2.33 bits per heavy atom. The molecule has 1 atom stereocenters. The molecule has 5 heteroatoms. The number of hydrogen-bond donors (Lipinski definition) is 1. The summed E-state index contributed by atoms with van der Waals surface area (Å²) in [5, 5.41) is 5.67. The van der Waals surface area contributed by atoms with E-state index in [0.29, 0.717) is 6.54 Å². The van der Waals surface area contributed by atoms with E-state index in [1.165, 1.54) is 16.6 Å². The molecule has 0 spiro atoms. The Morgan fingerprint density at radius 3 is 3.00 bits per heavy atom. The van der Waals surface area contributed by atoms with Gasteiger partial charge in [-0.2, -0.15) is 0 Å². The highest BCUT2D eigenvalue weighted by molar-refractivity contribution is 8.00. The van der Waals surface area contributed by atoms with Crippen LogP contribution in [0.25, 0.3) is 0 Å². The zero-order valence-electron chi connectivity index (χ0n) is 10.00. The van der Waals surface area contributed by atoms with Gasteiger partial charge in [-0.3, -0.25) is 4.79 Å². The predicted molar refractivity (Wildman–Crippen MR) is 75.7 cm³/mol. The van der Waals surface area contributed by atoms with Gasteiger partial charge in [0.2, 0.25) is 5.91 Å². The van der Waals surface area contributed by atoms with Gasteiger partial charge in [-0.25, -0.2) is 4.98 Å². The maximum atomic E-state index is 11.9. The predicted octanol–water partition coefficient (Wildman–Crippen LogP) is 2.94. The second-order valence-corrected chi connectivity index (χ2v) is 6.12. The zero-order chi connectivity index (χ0) is 12.8. The van der Waals surface area contributed by atoms with Gasteiger partial charge in [0.15, 0.2) is 0 Å². The fourth-order valence-electron chi connectivity index (χ4n) is 1.38. The van der Waals surface area contributed by atoms with E-state index in [0.717, 1.165) is 5.03 Å². The molecule has 1 amide bonds. The molecule has 0 saturated carbocycles. The molecular weight excluding hydrogens is 264 g/mol. The number of pyridine rings is 1. The molecule has 18 heavy (non-hydrogen) atoms. The molecule has 3 nitrogen and oxygen atoms in total. The summed E-state index contributed by atoms with van der Waals surface area (Å²) in [6.07, 6.45) is 1.73. The Morgan fingerprint density at radius 1 is 1.44 bits per heavy atom. The molecular formula is C13H14N2OS2. The minimum Gasteiger partial charge on any atom is -0.350 e. The van der Waals surface area contributed by atoms with E-state index in [4.69, 9.17) is 0 Å². The Balaban J connectivity index is 1.82. The van der Waals surface area contributed by atoms with Crippen molar-refractivity contribution in [2.75, 3.05) is 0 Å². The highest BCUT2D eigenvalue weighted by atomic mass is 32.2. The maximum Gasteiger partial charge on any atom is 0.233 e. The normalized spacial score (nSPS) is 12.1. The number of aromatic nitrogens is 1. The van der Waals surface area contributed by atoms with Gasteiger partial charge in [0.05, 0.1) is 16.8 Å². The Bertz CT molecular complexity index is 485. The van der Waals surface area contributed by atoms with Crippen molar-refractivity contribution in [3.05, 3.63) is 46.8 Å². The number of thiophene rings is 1. The van der Waals surface area contributed by atoms with Crippen LogP contribution in [0, 0.1) is 0 Å². The number of carbonyl (C=O) groups excluding carboxylic acids is 1. The highest BCUT2D eigenvalue weighted by Crippen LogP contribution is 2.20. The molecule has 0 aliphatic heterocycles. The summed E-state index contributed by atoms with van der Waals surface area (Å²) in [6.45, 7) is 2.49. The van der Waals surface area contributed by atoms with E-state index in [-0.39, 0.29) is 11.2 Å². The molecule has 0 saturated heterocycles. The summed E-state index contributed by atoms with van der Waals surface area (Å²) in [7, 11) is 0. The van der Waals surface area contributed by atoms with Crippen LogP contribution in [0.2, 0.25) is 0 Å². The monoisotopic (exact) mass is 278 g/mol. The lowest BCUT2D eigenvalue weighted by Gasteiger charge is -2.10. The van der Waals surface area contributed by atoms with Gasteiger partial charge in [-0.05, 0) is 30.5 Å². The molecule has 0 aliphatic carbocycles. The number of thioether (sulfide) groups is 1. The number of rotatable bonds is 5. The molecule has 94 valence electrons. The van der Waals surface area contributed by atoms with Crippen LogP contribution in [0.15, 0.2) is 46.9 Å². The molecule has 0 radical (unpaired) electrons. The molecule has 0 aromatic carbocycles. The molecule has 0 bridgehead atoms. The second kappa shape index (κ2) is 6.56. The van der Waals surface area contributed by atoms with Crippen LogP contribution < -0.4 is 5.32 Å². The molecule has 0 unspecified atom stereocenters. The van der Waals surface area contributed by atoms with Crippen molar-refractivity contribution in [2.24, 2.45) is 0 Å². The first kappa shape index (κ1) is 13.1. The summed E-state index contributed by atoms with van der Waals surface area (Å²) in [6, 6.07) is 9.70. The lowest BCUT2D eigenvalue weighted by atomic mass is 10.4. The average molecular weight is 278 g/mol. The first-order valence-corrected chi connectivity index (χ1v) is 7.39. The van der Waals surface area contributed by atoms with E-state index in [9.17, 15) is 4.79 Å². The van der Waals surface area contributed by atoms with Crippen LogP contribution in [-0.4, -0.2) is 16.1 Å². The summed E-state index contributed by atoms with van der Waals surface area (Å²) >= 11 is 3.12. The van der Waals surface area contributed by atoms with Gasteiger partial charge < -0.3 is 5.32 Å². The van der Waals surface area contributed by atoms with E-state index in [1.807, 2.05) is 42.6 Å². The standard InChI is InChI=1S/C13H14N2OS2/c1-10(18-12-6-2-3-7-14-12)13(16)15-9-11-5-4-8-17-11/h2-8,10H,9H2,1H3,(H,15,16)/t10-/m1/s1. The lowest BCUT2D eigenvalue weighted by molar-refractivity contribution is -0.120. The molecule has 2 aromatic rings. The van der Waals surface area contributed by atoms with Gasteiger partial charge in [-0.1, -0.05) is 23.9 Å². The SMILES string of the molecule is C[C@@H](Sc1ccccn1)C(=O)NCc1cccs1. The van der Waals surface area contributed by atoms with Crippen molar-refractivity contribution >= 4 is 29.0 Å². The number of nitrogens with one attached hydrogen (secondary N) is 1. The van der Waals surface area contributed by atoms with Crippen LogP contribution in [0.1, 0.15) is 11.8 Å². The first-order chi connectivity index (χ1) is 8.75. The zero-order valence-corrected chi connectivity index (χ0v) is 11.6. The van der Waals surface area contributed by atoms with Gasteiger partial charge in [0.1, 0.15) is 0 Å². The molecule has 2 aromatic heterocycles. The Kier molecular flexibility index (Phi) is 4.78. The van der Waals surface area contributed by atoms with E-state index in [1.54, 1.807) is 17.5 Å². The van der Waals surface area contributed by atoms with E-state index >= 15 is 0 Å². The molecule has 0 fully saturated rings. The lowest BCUT2D eigenvalue weighted by Crippen LogP contribution is -2.30. The number of carbonyl (C=O) groups is 1. The average Bonchev–Trinajstić information content (AvgIpc) is 2.90. The van der Waals surface area contributed by atoms with Crippen molar-refractivity contribution < 1.29 is 4.79 Å². The summed E-state index contributed by atoms with van der Waals surface area (Å²) in [4.78, 5) is 17.2. The molecule has 2 rings (SSSR count). The van der Waals surface area contributed by atoms with Crippen LogP contribution in [0.3, 0.4) is 0 Å². The van der Waals surface area contributed by atoms with Crippen molar-refractivity contribution in [3.63, 3.8) is 0 Å². The van der Waals surface area contributed by atoms with E-state index in [2.05, 4.69) is 10.3 Å². The third-order valence-electron chi connectivity index (χ3n) is 2.32. The van der Waals surface area contributed by atoms with Crippen molar-refractivity contribution in [3.8, 4) is 0 Å². The number of hydrogen-bond acceptors (Lipinski definition) is 4. The quantitative estimate of drug-likeness (QED) is 0.855. The summed E-state index contributed by atoms with van der Waals surface area (Å²) in [5.74, 6) is 0.0408.